The van der Waals surface area contributed by atoms with Crippen LogP contribution in [0, 0.1) is 12.7 Å². The SMILES string of the molecule is Cc1ccc(C(=S)C=Cc2ccccc2F)cc1. The smallest absolute Gasteiger partial charge is 0.130 e. The van der Waals surface area contributed by atoms with E-state index in [1.165, 1.54) is 11.6 Å². The summed E-state index contributed by atoms with van der Waals surface area (Å²) in [6.07, 6.45) is 3.47. The van der Waals surface area contributed by atoms with Gasteiger partial charge in [0.1, 0.15) is 5.82 Å². The molecule has 2 aromatic carbocycles. The van der Waals surface area contributed by atoms with Gasteiger partial charge in [-0.05, 0) is 24.6 Å². The highest BCUT2D eigenvalue weighted by atomic mass is 32.1. The van der Waals surface area contributed by atoms with Crippen LogP contribution in [0.2, 0.25) is 0 Å². The van der Waals surface area contributed by atoms with E-state index in [-0.39, 0.29) is 5.82 Å². The van der Waals surface area contributed by atoms with Crippen LogP contribution in [0.5, 0.6) is 0 Å². The van der Waals surface area contributed by atoms with Gasteiger partial charge in [0.2, 0.25) is 0 Å². The monoisotopic (exact) mass is 256 g/mol. The highest BCUT2D eigenvalue weighted by Gasteiger charge is 1.98. The van der Waals surface area contributed by atoms with Crippen molar-refractivity contribution in [1.82, 2.24) is 0 Å². The normalized spacial score (nSPS) is 10.8. The standard InChI is InChI=1S/C16H13FS/c1-12-6-8-14(9-7-12)16(18)11-10-13-4-2-3-5-15(13)17/h2-11H,1H3. The van der Waals surface area contributed by atoms with Crippen LogP contribution in [0.3, 0.4) is 0 Å². The van der Waals surface area contributed by atoms with E-state index in [0.29, 0.717) is 10.4 Å². The van der Waals surface area contributed by atoms with Crippen LogP contribution in [-0.2, 0) is 0 Å². The summed E-state index contributed by atoms with van der Waals surface area (Å²) in [4.78, 5) is 0.707. The van der Waals surface area contributed by atoms with Crippen LogP contribution in [-0.4, -0.2) is 4.86 Å². The van der Waals surface area contributed by atoms with E-state index in [1.54, 1.807) is 30.4 Å². The van der Waals surface area contributed by atoms with Crippen LogP contribution in [0.1, 0.15) is 16.7 Å². The van der Waals surface area contributed by atoms with Crippen LogP contribution in [0.25, 0.3) is 6.08 Å². The van der Waals surface area contributed by atoms with Gasteiger partial charge in [-0.15, -0.1) is 0 Å². The molecule has 2 aromatic rings. The van der Waals surface area contributed by atoms with Crippen molar-refractivity contribution in [3.8, 4) is 0 Å². The highest BCUT2D eigenvalue weighted by Crippen LogP contribution is 2.11. The summed E-state index contributed by atoms with van der Waals surface area (Å²) in [6.45, 7) is 2.03. The fraction of sp³-hybridized carbons (Fsp3) is 0.0625. The van der Waals surface area contributed by atoms with Gasteiger partial charge < -0.3 is 0 Å². The molecule has 0 aromatic heterocycles. The molecule has 0 aliphatic heterocycles. The topological polar surface area (TPSA) is 0 Å². The molecule has 0 saturated heterocycles. The quantitative estimate of drug-likeness (QED) is 0.440. The van der Waals surface area contributed by atoms with E-state index in [1.807, 2.05) is 31.2 Å². The summed E-state index contributed by atoms with van der Waals surface area (Å²) < 4.78 is 13.4. The van der Waals surface area contributed by atoms with E-state index in [0.717, 1.165) is 5.56 Å². The highest BCUT2D eigenvalue weighted by molar-refractivity contribution is 7.81. The maximum Gasteiger partial charge on any atom is 0.130 e. The van der Waals surface area contributed by atoms with Gasteiger partial charge in [-0.2, -0.15) is 0 Å². The molecule has 0 aliphatic carbocycles. The molecule has 18 heavy (non-hydrogen) atoms. The number of thiocarbonyl (C=S) groups is 1. The molecular weight excluding hydrogens is 243 g/mol. The second-order valence-corrected chi connectivity index (χ2v) is 4.52. The molecule has 0 radical (unpaired) electrons. The first kappa shape index (κ1) is 12.7. The molecule has 0 nitrogen and oxygen atoms in total. The van der Waals surface area contributed by atoms with Gasteiger partial charge in [0.25, 0.3) is 0 Å². The zero-order chi connectivity index (χ0) is 13.0. The van der Waals surface area contributed by atoms with Crippen molar-refractivity contribution in [2.45, 2.75) is 6.92 Å². The summed E-state index contributed by atoms with van der Waals surface area (Å²) in [5.41, 5.74) is 2.72. The molecule has 0 unspecified atom stereocenters. The van der Waals surface area contributed by atoms with Crippen LogP contribution < -0.4 is 0 Å². The lowest BCUT2D eigenvalue weighted by Gasteiger charge is -2.00. The molecule has 0 heterocycles. The predicted octanol–water partition coefficient (Wildman–Crippen LogP) is 4.57. The molecule has 2 heteroatoms. The minimum absolute atomic E-state index is 0.236. The number of benzene rings is 2. The summed E-state index contributed by atoms with van der Waals surface area (Å²) in [7, 11) is 0. The number of allylic oxidation sites excluding steroid dienone is 1. The fourth-order valence-corrected chi connectivity index (χ4v) is 1.79. The first-order chi connectivity index (χ1) is 8.66. The molecule has 0 aliphatic rings. The largest absolute Gasteiger partial charge is 0.206 e. The summed E-state index contributed by atoms with van der Waals surface area (Å²) in [5.74, 6) is -0.236. The van der Waals surface area contributed by atoms with Crippen molar-refractivity contribution in [2.75, 3.05) is 0 Å². The Morgan fingerprint density at radius 3 is 2.39 bits per heavy atom. The second kappa shape index (κ2) is 5.69. The zero-order valence-corrected chi connectivity index (χ0v) is 10.9. The Kier molecular flexibility index (Phi) is 4.00. The molecule has 2 rings (SSSR count). The van der Waals surface area contributed by atoms with Crippen LogP contribution >= 0.6 is 12.2 Å². The second-order valence-electron chi connectivity index (χ2n) is 4.09. The van der Waals surface area contributed by atoms with Gasteiger partial charge in [0.15, 0.2) is 0 Å². The lowest BCUT2D eigenvalue weighted by Crippen LogP contribution is -1.92. The van der Waals surface area contributed by atoms with E-state index < -0.39 is 0 Å². The van der Waals surface area contributed by atoms with Gasteiger partial charge >= 0.3 is 0 Å². The third-order valence-electron chi connectivity index (χ3n) is 2.66. The lowest BCUT2D eigenvalue weighted by atomic mass is 10.1. The summed E-state index contributed by atoms with van der Waals surface area (Å²) >= 11 is 5.30. The first-order valence-electron chi connectivity index (χ1n) is 5.70. The summed E-state index contributed by atoms with van der Waals surface area (Å²) in [5, 5.41) is 0. The summed E-state index contributed by atoms with van der Waals surface area (Å²) in [6, 6.07) is 14.6. The fourth-order valence-electron chi connectivity index (χ4n) is 1.59. The molecule has 0 amide bonds. The van der Waals surface area contributed by atoms with Crippen molar-refractivity contribution in [1.29, 1.82) is 0 Å². The Labute approximate surface area is 112 Å². The van der Waals surface area contributed by atoms with Crippen LogP contribution in [0.4, 0.5) is 4.39 Å². The number of hydrogen-bond donors (Lipinski definition) is 0. The van der Waals surface area contributed by atoms with Crippen molar-refractivity contribution >= 4 is 23.2 Å². The Bertz CT molecular complexity index is 582. The molecule has 0 spiro atoms. The van der Waals surface area contributed by atoms with Gasteiger partial charge in [-0.3, -0.25) is 0 Å². The minimum atomic E-state index is -0.236. The average Bonchev–Trinajstić information content (AvgIpc) is 2.38. The molecule has 0 bridgehead atoms. The molecule has 90 valence electrons. The third-order valence-corrected chi connectivity index (χ3v) is 3.03. The van der Waals surface area contributed by atoms with E-state index in [9.17, 15) is 4.39 Å². The number of hydrogen-bond acceptors (Lipinski definition) is 1. The van der Waals surface area contributed by atoms with Gasteiger partial charge in [0.05, 0.1) is 0 Å². The number of halogens is 1. The van der Waals surface area contributed by atoms with Crippen molar-refractivity contribution in [3.63, 3.8) is 0 Å². The van der Waals surface area contributed by atoms with E-state index in [4.69, 9.17) is 12.2 Å². The van der Waals surface area contributed by atoms with Crippen molar-refractivity contribution < 1.29 is 4.39 Å². The Balaban J connectivity index is 2.17. The molecule has 0 fully saturated rings. The maximum absolute atomic E-state index is 13.4. The molecule has 0 saturated carbocycles. The molecular formula is C16H13FS. The van der Waals surface area contributed by atoms with Gasteiger partial charge in [-0.25, -0.2) is 4.39 Å². The minimum Gasteiger partial charge on any atom is -0.206 e. The van der Waals surface area contributed by atoms with Crippen LogP contribution in [0.15, 0.2) is 54.6 Å². The maximum atomic E-state index is 13.4. The molecule has 0 atom stereocenters. The third kappa shape index (κ3) is 3.11. The number of rotatable bonds is 3. The van der Waals surface area contributed by atoms with E-state index >= 15 is 0 Å². The Hall–Kier alpha value is -1.80. The predicted molar refractivity (Wildman–Crippen MR) is 78.3 cm³/mol. The zero-order valence-electron chi connectivity index (χ0n) is 10.1. The van der Waals surface area contributed by atoms with Crippen molar-refractivity contribution in [2.24, 2.45) is 0 Å². The first-order valence-corrected chi connectivity index (χ1v) is 6.11. The van der Waals surface area contributed by atoms with Gasteiger partial charge in [0, 0.05) is 10.4 Å². The molecule has 0 N–H and O–H groups in total. The lowest BCUT2D eigenvalue weighted by molar-refractivity contribution is 0.625. The number of aryl methyl sites for hydroxylation is 1. The van der Waals surface area contributed by atoms with Gasteiger partial charge in [-0.1, -0.05) is 66.3 Å². The van der Waals surface area contributed by atoms with Crippen molar-refractivity contribution in [3.05, 3.63) is 77.1 Å². The van der Waals surface area contributed by atoms with E-state index in [2.05, 4.69) is 0 Å². The average molecular weight is 256 g/mol. The Morgan fingerprint density at radius 1 is 1.06 bits per heavy atom. The Morgan fingerprint density at radius 2 is 1.72 bits per heavy atom.